The van der Waals surface area contributed by atoms with Crippen LogP contribution in [0.4, 0.5) is 0 Å². The van der Waals surface area contributed by atoms with Crippen LogP contribution in [0.15, 0.2) is 34.2 Å². The molecule has 0 aliphatic carbocycles. The SMILES string of the molecule is I.NC(=NCc1cccc(S(=O)(=O)N2CCCCC2)c1)N1CCOCC1. The van der Waals surface area contributed by atoms with E-state index in [2.05, 4.69) is 4.99 Å². The molecule has 2 fully saturated rings. The summed E-state index contributed by atoms with van der Waals surface area (Å²) in [4.78, 5) is 6.73. The van der Waals surface area contributed by atoms with Crippen molar-refractivity contribution >= 4 is 40.0 Å². The molecule has 2 heterocycles. The standard InChI is InChI=1S/C17H26N4O3S.HI/c18-17(20-9-11-24-12-10-20)19-14-15-5-4-6-16(13-15)25(22,23)21-7-2-1-3-8-21;/h4-6,13H,1-3,7-12,14H2,(H2,18,19);1H. The third kappa shape index (κ3) is 5.30. The topological polar surface area (TPSA) is 88.2 Å². The summed E-state index contributed by atoms with van der Waals surface area (Å²) in [6, 6.07) is 7.01. The van der Waals surface area contributed by atoms with Gasteiger partial charge in [0.25, 0.3) is 0 Å². The van der Waals surface area contributed by atoms with Gasteiger partial charge < -0.3 is 15.4 Å². The van der Waals surface area contributed by atoms with E-state index in [9.17, 15) is 8.42 Å². The number of nitrogens with zero attached hydrogens (tertiary/aromatic N) is 3. The number of hydrogen-bond acceptors (Lipinski definition) is 4. The fourth-order valence-corrected chi connectivity index (χ4v) is 4.71. The number of morpholine rings is 1. The number of ether oxygens (including phenoxy) is 1. The predicted molar refractivity (Wildman–Crippen MR) is 112 cm³/mol. The molecule has 3 rings (SSSR count). The molecule has 0 unspecified atom stereocenters. The number of guanidine groups is 1. The first-order valence-electron chi connectivity index (χ1n) is 8.79. The Labute approximate surface area is 172 Å². The molecule has 1 aromatic rings. The molecule has 2 saturated heterocycles. The molecule has 2 N–H and O–H groups in total. The molecular formula is C17H27IN4O3S. The van der Waals surface area contributed by atoms with Gasteiger partial charge in [-0.2, -0.15) is 4.31 Å². The lowest BCUT2D eigenvalue weighted by Crippen LogP contribution is -2.44. The Morgan fingerprint density at radius 3 is 2.50 bits per heavy atom. The fraction of sp³-hybridized carbons (Fsp3) is 0.588. The molecule has 0 atom stereocenters. The lowest BCUT2D eigenvalue weighted by atomic mass is 10.2. The van der Waals surface area contributed by atoms with Gasteiger partial charge in [-0.25, -0.2) is 13.4 Å². The van der Waals surface area contributed by atoms with Crippen LogP contribution in [0.3, 0.4) is 0 Å². The van der Waals surface area contributed by atoms with Gasteiger partial charge in [-0.15, -0.1) is 24.0 Å². The first kappa shape index (κ1) is 21.4. The summed E-state index contributed by atoms with van der Waals surface area (Å²) in [5.41, 5.74) is 6.87. The number of halogens is 1. The summed E-state index contributed by atoms with van der Waals surface area (Å²) in [5, 5.41) is 0. The Balaban J connectivity index is 0.00000243. The summed E-state index contributed by atoms with van der Waals surface area (Å²) < 4.78 is 32.4. The molecule has 0 radical (unpaired) electrons. The van der Waals surface area contributed by atoms with E-state index in [4.69, 9.17) is 10.5 Å². The lowest BCUT2D eigenvalue weighted by Gasteiger charge is -2.27. The van der Waals surface area contributed by atoms with Crippen molar-refractivity contribution in [2.45, 2.75) is 30.7 Å². The highest BCUT2D eigenvalue weighted by Gasteiger charge is 2.25. The third-order valence-corrected chi connectivity index (χ3v) is 6.50. The maximum atomic E-state index is 12.8. The summed E-state index contributed by atoms with van der Waals surface area (Å²) >= 11 is 0. The van der Waals surface area contributed by atoms with Crippen molar-refractivity contribution < 1.29 is 13.2 Å². The first-order valence-corrected chi connectivity index (χ1v) is 10.2. The van der Waals surface area contributed by atoms with Crippen LogP contribution in [0.2, 0.25) is 0 Å². The summed E-state index contributed by atoms with van der Waals surface area (Å²) in [6.45, 7) is 4.35. The van der Waals surface area contributed by atoms with Gasteiger partial charge in [0, 0.05) is 26.2 Å². The number of benzene rings is 1. The second-order valence-electron chi connectivity index (χ2n) is 6.39. The summed E-state index contributed by atoms with van der Waals surface area (Å²) in [5.74, 6) is 0.479. The maximum Gasteiger partial charge on any atom is 0.243 e. The first-order chi connectivity index (χ1) is 12.1. The average molecular weight is 494 g/mol. The highest BCUT2D eigenvalue weighted by molar-refractivity contribution is 14.0. The second-order valence-corrected chi connectivity index (χ2v) is 8.32. The van der Waals surface area contributed by atoms with Crippen LogP contribution in [-0.2, 0) is 21.3 Å². The summed E-state index contributed by atoms with van der Waals surface area (Å²) in [7, 11) is -3.42. The van der Waals surface area contributed by atoms with E-state index in [1.54, 1.807) is 22.5 Å². The van der Waals surface area contributed by atoms with E-state index in [0.29, 0.717) is 43.7 Å². The number of nitrogens with two attached hydrogens (primary N) is 1. The van der Waals surface area contributed by atoms with Crippen LogP contribution in [0.5, 0.6) is 0 Å². The van der Waals surface area contributed by atoms with Crippen molar-refractivity contribution in [3.05, 3.63) is 29.8 Å². The number of sulfonamides is 1. The lowest BCUT2D eigenvalue weighted by molar-refractivity contribution is 0.0674. The molecule has 0 bridgehead atoms. The zero-order valence-electron chi connectivity index (χ0n) is 14.8. The molecule has 9 heteroatoms. The van der Waals surface area contributed by atoms with Gasteiger partial charge in [0.1, 0.15) is 0 Å². The number of piperidine rings is 1. The normalized spacial score (nSPS) is 19.8. The number of aliphatic imine (C=N–C) groups is 1. The van der Waals surface area contributed by atoms with E-state index in [1.807, 2.05) is 11.0 Å². The molecule has 0 aromatic heterocycles. The van der Waals surface area contributed by atoms with Gasteiger partial charge in [-0.3, -0.25) is 0 Å². The van der Waals surface area contributed by atoms with E-state index in [1.165, 1.54) is 0 Å². The zero-order valence-corrected chi connectivity index (χ0v) is 18.0. The molecule has 7 nitrogen and oxygen atoms in total. The van der Waals surface area contributed by atoms with Gasteiger partial charge in [0.2, 0.25) is 10.0 Å². The van der Waals surface area contributed by atoms with Crippen LogP contribution in [0.1, 0.15) is 24.8 Å². The minimum Gasteiger partial charge on any atom is -0.378 e. The minimum absolute atomic E-state index is 0. The van der Waals surface area contributed by atoms with E-state index >= 15 is 0 Å². The van der Waals surface area contributed by atoms with Crippen LogP contribution >= 0.6 is 24.0 Å². The highest BCUT2D eigenvalue weighted by atomic mass is 127. The molecule has 0 spiro atoms. The molecule has 146 valence electrons. The Bertz CT molecular complexity index is 714. The van der Waals surface area contributed by atoms with Crippen molar-refractivity contribution in [2.24, 2.45) is 10.7 Å². The van der Waals surface area contributed by atoms with Gasteiger partial charge in [0.15, 0.2) is 5.96 Å². The largest absolute Gasteiger partial charge is 0.378 e. The summed E-state index contributed by atoms with van der Waals surface area (Å²) in [6.07, 6.45) is 2.96. The average Bonchev–Trinajstić information content (AvgIpc) is 2.67. The van der Waals surface area contributed by atoms with Crippen molar-refractivity contribution in [1.82, 2.24) is 9.21 Å². The molecule has 26 heavy (non-hydrogen) atoms. The number of rotatable bonds is 4. The van der Waals surface area contributed by atoms with Crippen LogP contribution in [-0.4, -0.2) is 63.0 Å². The zero-order chi connectivity index (χ0) is 17.7. The van der Waals surface area contributed by atoms with Gasteiger partial charge in [-0.05, 0) is 30.5 Å². The molecular weight excluding hydrogens is 467 g/mol. The van der Waals surface area contributed by atoms with Crippen molar-refractivity contribution in [3.8, 4) is 0 Å². The van der Waals surface area contributed by atoms with E-state index < -0.39 is 10.0 Å². The monoisotopic (exact) mass is 494 g/mol. The van der Waals surface area contributed by atoms with Crippen LogP contribution in [0, 0.1) is 0 Å². The van der Waals surface area contributed by atoms with Crippen LogP contribution in [0.25, 0.3) is 0 Å². The van der Waals surface area contributed by atoms with Crippen molar-refractivity contribution in [2.75, 3.05) is 39.4 Å². The third-order valence-electron chi connectivity index (χ3n) is 4.61. The predicted octanol–water partition coefficient (Wildman–Crippen LogP) is 1.63. The Morgan fingerprint density at radius 1 is 1.12 bits per heavy atom. The van der Waals surface area contributed by atoms with Gasteiger partial charge in [-0.1, -0.05) is 18.6 Å². The second kappa shape index (κ2) is 9.86. The van der Waals surface area contributed by atoms with Gasteiger partial charge in [0.05, 0.1) is 24.7 Å². The molecule has 0 saturated carbocycles. The van der Waals surface area contributed by atoms with E-state index in [0.717, 1.165) is 37.9 Å². The molecule has 2 aliphatic heterocycles. The molecule has 0 amide bonds. The Hall–Kier alpha value is -0.910. The molecule has 2 aliphatic rings. The van der Waals surface area contributed by atoms with Crippen molar-refractivity contribution in [1.29, 1.82) is 0 Å². The minimum atomic E-state index is -3.42. The van der Waals surface area contributed by atoms with Crippen LogP contribution < -0.4 is 5.73 Å². The molecule has 1 aromatic carbocycles. The Morgan fingerprint density at radius 2 is 1.81 bits per heavy atom. The number of hydrogen-bond donors (Lipinski definition) is 1. The quantitative estimate of drug-likeness (QED) is 0.391. The van der Waals surface area contributed by atoms with Gasteiger partial charge >= 0.3 is 0 Å². The highest BCUT2D eigenvalue weighted by Crippen LogP contribution is 2.21. The Kier molecular flexibility index (Phi) is 8.11. The van der Waals surface area contributed by atoms with E-state index in [-0.39, 0.29) is 24.0 Å². The maximum absolute atomic E-state index is 12.8. The fourth-order valence-electron chi connectivity index (χ4n) is 3.12. The smallest absolute Gasteiger partial charge is 0.243 e. The van der Waals surface area contributed by atoms with Crippen molar-refractivity contribution in [3.63, 3.8) is 0 Å².